The zero-order valence-electron chi connectivity index (χ0n) is 12.3. The third kappa shape index (κ3) is 6.02. The Morgan fingerprint density at radius 1 is 1.12 bits per heavy atom. The van der Waals surface area contributed by atoms with E-state index in [-0.39, 0.29) is 0 Å². The summed E-state index contributed by atoms with van der Waals surface area (Å²) in [5, 5.41) is 0.344. The molecule has 0 spiro atoms. The summed E-state index contributed by atoms with van der Waals surface area (Å²) in [4.78, 5) is 0. The number of hydrogen-bond acceptors (Lipinski definition) is 2. The molecule has 1 heterocycles. The molecule has 102 valence electrons. The van der Waals surface area contributed by atoms with Crippen LogP contribution in [0.1, 0.15) is 52.9 Å². The highest BCUT2D eigenvalue weighted by Crippen LogP contribution is 2.36. The summed E-state index contributed by atoms with van der Waals surface area (Å²) >= 11 is 0. The summed E-state index contributed by atoms with van der Waals surface area (Å²) in [6.45, 7) is 13.5. The normalized spacial score (nSPS) is 20.6. The molecule has 0 bridgehead atoms. The van der Waals surface area contributed by atoms with Gasteiger partial charge in [-0.05, 0) is 31.0 Å². The fraction of sp³-hybridized carbons (Fsp3) is 1.00. The van der Waals surface area contributed by atoms with Crippen molar-refractivity contribution < 1.29 is 9.16 Å². The molecule has 0 amide bonds. The van der Waals surface area contributed by atoms with E-state index in [1.54, 1.807) is 0 Å². The molecule has 3 heteroatoms. The third-order valence-electron chi connectivity index (χ3n) is 4.09. The van der Waals surface area contributed by atoms with Crippen molar-refractivity contribution in [1.29, 1.82) is 0 Å². The third-order valence-corrected chi connectivity index (χ3v) is 8.63. The summed E-state index contributed by atoms with van der Waals surface area (Å²) in [5.74, 6) is 0. The largest absolute Gasteiger partial charge is 0.417 e. The SMILES string of the molecule is CC(C)(C)[Si](C)(C)OCCCCCCC1CO1. The van der Waals surface area contributed by atoms with Crippen LogP contribution in [0.4, 0.5) is 0 Å². The molecule has 2 nitrogen and oxygen atoms in total. The van der Waals surface area contributed by atoms with E-state index in [1.165, 1.54) is 32.1 Å². The van der Waals surface area contributed by atoms with Gasteiger partial charge in [-0.3, -0.25) is 0 Å². The molecule has 1 aliphatic heterocycles. The zero-order chi connectivity index (χ0) is 12.9. The van der Waals surface area contributed by atoms with Gasteiger partial charge < -0.3 is 9.16 Å². The van der Waals surface area contributed by atoms with E-state index in [9.17, 15) is 0 Å². The number of ether oxygens (including phenoxy) is 1. The van der Waals surface area contributed by atoms with Crippen molar-refractivity contribution in [3.05, 3.63) is 0 Å². The van der Waals surface area contributed by atoms with Crippen LogP contribution < -0.4 is 0 Å². The fourth-order valence-electron chi connectivity index (χ4n) is 1.61. The van der Waals surface area contributed by atoms with Crippen molar-refractivity contribution in [2.45, 2.75) is 77.1 Å². The van der Waals surface area contributed by atoms with Gasteiger partial charge in [0.05, 0.1) is 12.7 Å². The van der Waals surface area contributed by atoms with Crippen LogP contribution in [0, 0.1) is 0 Å². The van der Waals surface area contributed by atoms with Gasteiger partial charge in [-0.15, -0.1) is 0 Å². The standard InChI is InChI=1S/C14H30O2Si/c1-14(2,3)17(4,5)16-11-9-7-6-8-10-13-12-15-13/h13H,6-12H2,1-5H3. The first-order chi connectivity index (χ1) is 7.83. The minimum Gasteiger partial charge on any atom is -0.417 e. The maximum atomic E-state index is 6.15. The lowest BCUT2D eigenvalue weighted by molar-refractivity contribution is 0.276. The van der Waals surface area contributed by atoms with E-state index in [1.807, 2.05) is 0 Å². The fourth-order valence-corrected chi connectivity index (χ4v) is 2.69. The quantitative estimate of drug-likeness (QED) is 0.366. The first kappa shape index (κ1) is 15.2. The smallest absolute Gasteiger partial charge is 0.191 e. The van der Waals surface area contributed by atoms with Crippen LogP contribution in [-0.2, 0) is 9.16 Å². The van der Waals surface area contributed by atoms with Gasteiger partial charge in [0.1, 0.15) is 0 Å². The van der Waals surface area contributed by atoms with Crippen LogP contribution in [0.5, 0.6) is 0 Å². The van der Waals surface area contributed by atoms with E-state index in [2.05, 4.69) is 33.9 Å². The molecule has 0 saturated carbocycles. The van der Waals surface area contributed by atoms with Gasteiger partial charge in [0.15, 0.2) is 8.32 Å². The highest BCUT2D eigenvalue weighted by atomic mass is 28.4. The molecule has 1 aliphatic rings. The second-order valence-corrected chi connectivity index (χ2v) is 11.6. The van der Waals surface area contributed by atoms with Crippen LogP contribution in [-0.4, -0.2) is 27.6 Å². The molecule has 0 N–H and O–H groups in total. The molecule has 1 saturated heterocycles. The summed E-state index contributed by atoms with van der Waals surface area (Å²) < 4.78 is 11.3. The van der Waals surface area contributed by atoms with Crippen molar-refractivity contribution in [1.82, 2.24) is 0 Å². The monoisotopic (exact) mass is 258 g/mol. The molecule has 1 fully saturated rings. The molecular weight excluding hydrogens is 228 g/mol. The number of rotatable bonds is 8. The number of unbranched alkanes of at least 4 members (excludes halogenated alkanes) is 3. The summed E-state index contributed by atoms with van der Waals surface area (Å²) in [6.07, 6.45) is 7.06. The molecule has 0 aliphatic carbocycles. The Hall–Kier alpha value is 0.137. The average molecular weight is 258 g/mol. The first-order valence-corrected chi connectivity index (χ1v) is 9.99. The summed E-state index contributed by atoms with van der Waals surface area (Å²) in [5.41, 5.74) is 0. The zero-order valence-corrected chi connectivity index (χ0v) is 13.3. The topological polar surface area (TPSA) is 21.8 Å². The maximum absolute atomic E-state index is 6.15. The van der Waals surface area contributed by atoms with E-state index in [4.69, 9.17) is 9.16 Å². The van der Waals surface area contributed by atoms with Gasteiger partial charge in [-0.25, -0.2) is 0 Å². The second kappa shape index (κ2) is 6.35. The van der Waals surface area contributed by atoms with Crippen LogP contribution in [0.2, 0.25) is 18.1 Å². The van der Waals surface area contributed by atoms with E-state index in [0.717, 1.165) is 13.2 Å². The highest BCUT2D eigenvalue weighted by molar-refractivity contribution is 6.74. The lowest BCUT2D eigenvalue weighted by atomic mass is 10.1. The predicted octanol–water partition coefficient (Wildman–Crippen LogP) is 4.36. The van der Waals surface area contributed by atoms with Crippen LogP contribution in [0.3, 0.4) is 0 Å². The Bertz CT molecular complexity index is 217. The van der Waals surface area contributed by atoms with Gasteiger partial charge in [0.25, 0.3) is 0 Å². The number of hydrogen-bond donors (Lipinski definition) is 0. The van der Waals surface area contributed by atoms with Gasteiger partial charge in [-0.1, -0.05) is 40.0 Å². The van der Waals surface area contributed by atoms with Crippen LogP contribution in [0.25, 0.3) is 0 Å². The Morgan fingerprint density at radius 3 is 2.24 bits per heavy atom. The van der Waals surface area contributed by atoms with Gasteiger partial charge in [0, 0.05) is 6.61 Å². The molecule has 1 atom stereocenters. The van der Waals surface area contributed by atoms with Crippen LogP contribution >= 0.6 is 0 Å². The van der Waals surface area contributed by atoms with Gasteiger partial charge in [-0.2, -0.15) is 0 Å². The molecular formula is C14H30O2Si. The van der Waals surface area contributed by atoms with E-state index in [0.29, 0.717) is 11.1 Å². The lowest BCUT2D eigenvalue weighted by Gasteiger charge is -2.36. The van der Waals surface area contributed by atoms with Crippen molar-refractivity contribution in [2.24, 2.45) is 0 Å². The summed E-state index contributed by atoms with van der Waals surface area (Å²) in [7, 11) is -1.50. The Balaban J connectivity index is 1.95. The molecule has 0 radical (unpaired) electrons. The maximum Gasteiger partial charge on any atom is 0.191 e. The minimum atomic E-state index is -1.50. The van der Waals surface area contributed by atoms with Crippen molar-refractivity contribution in [3.8, 4) is 0 Å². The Morgan fingerprint density at radius 2 is 1.71 bits per heavy atom. The van der Waals surface area contributed by atoms with Gasteiger partial charge >= 0.3 is 0 Å². The highest BCUT2D eigenvalue weighted by Gasteiger charge is 2.36. The lowest BCUT2D eigenvalue weighted by Crippen LogP contribution is -2.40. The van der Waals surface area contributed by atoms with Crippen molar-refractivity contribution >= 4 is 8.32 Å². The van der Waals surface area contributed by atoms with Crippen molar-refractivity contribution in [2.75, 3.05) is 13.2 Å². The minimum absolute atomic E-state index is 0.344. The first-order valence-electron chi connectivity index (χ1n) is 7.08. The van der Waals surface area contributed by atoms with E-state index < -0.39 is 8.32 Å². The molecule has 0 aromatic heterocycles. The average Bonchev–Trinajstić information content (AvgIpc) is 2.98. The second-order valence-electron chi connectivity index (χ2n) is 6.77. The molecule has 1 rings (SSSR count). The van der Waals surface area contributed by atoms with Gasteiger partial charge in [0.2, 0.25) is 0 Å². The molecule has 17 heavy (non-hydrogen) atoms. The van der Waals surface area contributed by atoms with Crippen molar-refractivity contribution in [3.63, 3.8) is 0 Å². The van der Waals surface area contributed by atoms with E-state index >= 15 is 0 Å². The Labute approximate surface area is 108 Å². The molecule has 0 aromatic rings. The number of epoxide rings is 1. The van der Waals surface area contributed by atoms with Crippen LogP contribution in [0.15, 0.2) is 0 Å². The molecule has 1 unspecified atom stereocenters. The predicted molar refractivity (Wildman–Crippen MR) is 76.0 cm³/mol. The Kier molecular flexibility index (Phi) is 5.67. The summed E-state index contributed by atoms with van der Waals surface area (Å²) in [6, 6.07) is 0. The molecule has 0 aromatic carbocycles.